The maximum atomic E-state index is 5.67. The fraction of sp³-hybridized carbons (Fsp3) is 1.00. The first-order valence-electron chi connectivity index (χ1n) is 7.06. The number of rotatable bonds is 7. The van der Waals surface area contributed by atoms with Crippen molar-refractivity contribution in [1.29, 1.82) is 0 Å². The van der Waals surface area contributed by atoms with E-state index in [1.807, 2.05) is 0 Å². The summed E-state index contributed by atoms with van der Waals surface area (Å²) in [7, 11) is 0. The van der Waals surface area contributed by atoms with Crippen LogP contribution in [0.2, 0.25) is 0 Å². The van der Waals surface area contributed by atoms with Gasteiger partial charge in [0.25, 0.3) is 0 Å². The highest BCUT2D eigenvalue weighted by Crippen LogP contribution is 2.22. The minimum atomic E-state index is 0.793. The van der Waals surface area contributed by atoms with Crippen LogP contribution in [0.4, 0.5) is 0 Å². The Morgan fingerprint density at radius 2 is 2.06 bits per heavy atom. The van der Waals surface area contributed by atoms with Gasteiger partial charge < -0.3 is 10.6 Å². The van der Waals surface area contributed by atoms with E-state index >= 15 is 0 Å². The molecule has 0 amide bonds. The Morgan fingerprint density at radius 1 is 1.31 bits per heavy atom. The molecular formula is C14H30N2. The van der Waals surface area contributed by atoms with Crippen LogP contribution in [0.25, 0.3) is 0 Å². The summed E-state index contributed by atoms with van der Waals surface area (Å²) in [6, 6.07) is 0. The molecule has 2 atom stereocenters. The third kappa shape index (κ3) is 4.84. The summed E-state index contributed by atoms with van der Waals surface area (Å²) in [5.41, 5.74) is 5.67. The van der Waals surface area contributed by atoms with Crippen LogP contribution < -0.4 is 5.73 Å². The van der Waals surface area contributed by atoms with Crippen LogP contribution >= 0.6 is 0 Å². The first-order chi connectivity index (χ1) is 7.63. The van der Waals surface area contributed by atoms with Gasteiger partial charge in [0.05, 0.1) is 0 Å². The molecule has 0 spiro atoms. The number of nitrogens with zero attached hydrogens (tertiary/aromatic N) is 1. The van der Waals surface area contributed by atoms with E-state index in [0.717, 1.165) is 24.3 Å². The average Bonchev–Trinajstić information content (AvgIpc) is 2.63. The SMILES string of the molecule is CC1CCN(CCCC(CCN)C(C)C)C1. The lowest BCUT2D eigenvalue weighted by Crippen LogP contribution is -2.23. The van der Waals surface area contributed by atoms with E-state index < -0.39 is 0 Å². The largest absolute Gasteiger partial charge is 0.330 e. The van der Waals surface area contributed by atoms with E-state index in [2.05, 4.69) is 25.7 Å². The molecule has 2 unspecified atom stereocenters. The molecule has 0 aliphatic carbocycles. The monoisotopic (exact) mass is 226 g/mol. The van der Waals surface area contributed by atoms with E-state index in [0.29, 0.717) is 0 Å². The Bertz CT molecular complexity index is 180. The van der Waals surface area contributed by atoms with Crippen molar-refractivity contribution in [2.24, 2.45) is 23.5 Å². The van der Waals surface area contributed by atoms with Crippen LogP contribution in [0.1, 0.15) is 46.5 Å². The number of hydrogen-bond donors (Lipinski definition) is 1. The van der Waals surface area contributed by atoms with Gasteiger partial charge in [-0.25, -0.2) is 0 Å². The number of likely N-dealkylation sites (tertiary alicyclic amines) is 1. The van der Waals surface area contributed by atoms with Crippen LogP contribution in [0.5, 0.6) is 0 Å². The van der Waals surface area contributed by atoms with Crippen molar-refractivity contribution >= 4 is 0 Å². The first-order valence-corrected chi connectivity index (χ1v) is 7.06. The summed E-state index contributed by atoms with van der Waals surface area (Å²) in [5.74, 6) is 2.55. The second kappa shape index (κ2) is 7.29. The van der Waals surface area contributed by atoms with Gasteiger partial charge in [0.2, 0.25) is 0 Å². The van der Waals surface area contributed by atoms with E-state index in [4.69, 9.17) is 5.73 Å². The van der Waals surface area contributed by atoms with Gasteiger partial charge >= 0.3 is 0 Å². The van der Waals surface area contributed by atoms with Gasteiger partial charge in [-0.1, -0.05) is 20.8 Å². The smallest absolute Gasteiger partial charge is 0.000750 e. The van der Waals surface area contributed by atoms with Gasteiger partial charge in [0.1, 0.15) is 0 Å². The molecule has 0 bridgehead atoms. The molecular weight excluding hydrogens is 196 g/mol. The van der Waals surface area contributed by atoms with Gasteiger partial charge in [0.15, 0.2) is 0 Å². The molecule has 0 radical (unpaired) electrons. The summed E-state index contributed by atoms with van der Waals surface area (Å²) < 4.78 is 0. The van der Waals surface area contributed by atoms with Crippen molar-refractivity contribution in [3.05, 3.63) is 0 Å². The van der Waals surface area contributed by atoms with Gasteiger partial charge in [-0.3, -0.25) is 0 Å². The molecule has 0 saturated carbocycles. The molecule has 1 aliphatic heterocycles. The number of nitrogens with two attached hydrogens (primary N) is 1. The van der Waals surface area contributed by atoms with Crippen molar-refractivity contribution < 1.29 is 0 Å². The third-order valence-electron chi connectivity index (χ3n) is 4.04. The molecule has 2 nitrogen and oxygen atoms in total. The van der Waals surface area contributed by atoms with Crippen LogP contribution in [0, 0.1) is 17.8 Å². The standard InChI is InChI=1S/C14H30N2/c1-12(2)14(6-8-15)5-4-9-16-10-7-13(3)11-16/h12-14H,4-11,15H2,1-3H3. The highest BCUT2D eigenvalue weighted by molar-refractivity contribution is 4.73. The Balaban J connectivity index is 2.12. The Morgan fingerprint density at radius 3 is 2.56 bits per heavy atom. The van der Waals surface area contributed by atoms with Crippen LogP contribution in [-0.2, 0) is 0 Å². The maximum absolute atomic E-state index is 5.67. The highest BCUT2D eigenvalue weighted by atomic mass is 15.1. The molecule has 2 N–H and O–H groups in total. The molecule has 1 heterocycles. The zero-order valence-corrected chi connectivity index (χ0v) is 11.4. The zero-order chi connectivity index (χ0) is 12.0. The van der Waals surface area contributed by atoms with E-state index in [1.54, 1.807) is 0 Å². The van der Waals surface area contributed by atoms with Crippen molar-refractivity contribution in [2.45, 2.75) is 46.5 Å². The van der Waals surface area contributed by atoms with Gasteiger partial charge in [0, 0.05) is 6.54 Å². The molecule has 1 fully saturated rings. The molecule has 0 aromatic carbocycles. The van der Waals surface area contributed by atoms with E-state index in [1.165, 1.54) is 45.3 Å². The number of hydrogen-bond acceptors (Lipinski definition) is 2. The lowest BCUT2D eigenvalue weighted by atomic mass is 9.88. The molecule has 1 saturated heterocycles. The molecule has 16 heavy (non-hydrogen) atoms. The maximum Gasteiger partial charge on any atom is 0.000750 e. The summed E-state index contributed by atoms with van der Waals surface area (Å²) in [4.78, 5) is 2.63. The van der Waals surface area contributed by atoms with Gasteiger partial charge in [-0.15, -0.1) is 0 Å². The van der Waals surface area contributed by atoms with Crippen molar-refractivity contribution in [1.82, 2.24) is 4.90 Å². The Kier molecular flexibility index (Phi) is 6.37. The average molecular weight is 226 g/mol. The van der Waals surface area contributed by atoms with Crippen LogP contribution in [0.3, 0.4) is 0 Å². The van der Waals surface area contributed by atoms with Gasteiger partial charge in [-0.2, -0.15) is 0 Å². The van der Waals surface area contributed by atoms with Crippen LogP contribution in [-0.4, -0.2) is 31.1 Å². The Labute approximate surface area is 102 Å². The van der Waals surface area contributed by atoms with Crippen molar-refractivity contribution in [3.63, 3.8) is 0 Å². The lowest BCUT2D eigenvalue weighted by Gasteiger charge is -2.22. The first kappa shape index (κ1) is 14.0. The summed E-state index contributed by atoms with van der Waals surface area (Å²) in [5, 5.41) is 0. The van der Waals surface area contributed by atoms with E-state index in [-0.39, 0.29) is 0 Å². The van der Waals surface area contributed by atoms with E-state index in [9.17, 15) is 0 Å². The predicted molar refractivity (Wildman–Crippen MR) is 71.5 cm³/mol. The molecule has 0 aromatic rings. The van der Waals surface area contributed by atoms with Crippen molar-refractivity contribution in [3.8, 4) is 0 Å². The van der Waals surface area contributed by atoms with Crippen LogP contribution in [0.15, 0.2) is 0 Å². The third-order valence-corrected chi connectivity index (χ3v) is 4.04. The summed E-state index contributed by atoms with van der Waals surface area (Å²) in [6.07, 6.45) is 5.32. The molecule has 96 valence electrons. The summed E-state index contributed by atoms with van der Waals surface area (Å²) >= 11 is 0. The molecule has 0 aromatic heterocycles. The zero-order valence-electron chi connectivity index (χ0n) is 11.4. The minimum Gasteiger partial charge on any atom is -0.330 e. The van der Waals surface area contributed by atoms with Gasteiger partial charge in [-0.05, 0) is 63.1 Å². The Hall–Kier alpha value is -0.0800. The second-order valence-electron chi connectivity index (χ2n) is 5.92. The fourth-order valence-electron chi connectivity index (χ4n) is 2.83. The molecule has 2 heteroatoms. The summed E-state index contributed by atoms with van der Waals surface area (Å²) in [6.45, 7) is 11.8. The molecule has 1 rings (SSSR count). The fourth-order valence-corrected chi connectivity index (χ4v) is 2.83. The highest BCUT2D eigenvalue weighted by Gasteiger charge is 2.18. The second-order valence-corrected chi connectivity index (χ2v) is 5.92. The van der Waals surface area contributed by atoms with Crippen molar-refractivity contribution in [2.75, 3.05) is 26.2 Å². The topological polar surface area (TPSA) is 29.3 Å². The minimum absolute atomic E-state index is 0.793. The predicted octanol–water partition coefficient (Wildman–Crippen LogP) is 2.73. The lowest BCUT2D eigenvalue weighted by molar-refractivity contribution is 0.279. The quantitative estimate of drug-likeness (QED) is 0.723. The normalized spacial score (nSPS) is 24.2. The molecule has 1 aliphatic rings.